The summed E-state index contributed by atoms with van der Waals surface area (Å²) < 4.78 is 29.3. The lowest BCUT2D eigenvalue weighted by molar-refractivity contribution is -0.120. The Hall–Kier alpha value is -3.20. The fourth-order valence-corrected chi connectivity index (χ4v) is 7.81. The van der Waals surface area contributed by atoms with Crippen LogP contribution in [0.5, 0.6) is 0 Å². The van der Waals surface area contributed by atoms with E-state index in [9.17, 15) is 13.2 Å². The average Bonchev–Trinajstić information content (AvgIpc) is 3.61. The monoisotopic (exact) mass is 530 g/mol. The van der Waals surface area contributed by atoms with Crippen LogP contribution >= 0.6 is 0 Å². The molecule has 1 atom stereocenters. The topological polar surface area (TPSA) is 105 Å². The molecule has 2 aliphatic carbocycles. The molecule has 6 rings (SSSR count). The first-order valence-corrected chi connectivity index (χ1v) is 15.0. The lowest BCUT2D eigenvalue weighted by Gasteiger charge is -2.35. The summed E-state index contributed by atoms with van der Waals surface area (Å²) in [6.45, 7) is 1.25. The molecule has 3 aromatic rings. The molecule has 0 unspecified atom stereocenters. The van der Waals surface area contributed by atoms with Crippen LogP contribution in [-0.4, -0.2) is 37.8 Å². The van der Waals surface area contributed by atoms with Crippen molar-refractivity contribution in [3.8, 4) is 0 Å². The van der Waals surface area contributed by atoms with Crippen molar-refractivity contribution in [1.29, 1.82) is 0 Å². The van der Waals surface area contributed by atoms with Crippen LogP contribution in [0.25, 0.3) is 0 Å². The number of fused-ring (bicyclic) bond motifs is 3. The van der Waals surface area contributed by atoms with Crippen LogP contribution in [-0.2, 0) is 53.5 Å². The number of hydrogen-bond acceptors (Lipinski definition) is 5. The lowest BCUT2D eigenvalue weighted by Crippen LogP contribution is -2.50. The minimum Gasteiger partial charge on any atom is -0.384 e. The molecule has 0 fully saturated rings. The van der Waals surface area contributed by atoms with Crippen molar-refractivity contribution < 1.29 is 13.2 Å². The maximum Gasteiger partial charge on any atom is 0.244 e. The van der Waals surface area contributed by atoms with E-state index in [4.69, 9.17) is 5.73 Å². The number of nitrogens with two attached hydrogens (primary N) is 1. The predicted octanol–water partition coefficient (Wildman–Crippen LogP) is 3.79. The quantitative estimate of drug-likeness (QED) is 0.431. The molecule has 0 spiro atoms. The third-order valence-electron chi connectivity index (χ3n) is 8.16. The molecule has 4 N–H and O–H groups in total. The highest BCUT2D eigenvalue weighted by Crippen LogP contribution is 2.39. The number of sulfonamides is 1. The molecular weight excluding hydrogens is 496 g/mol. The average molecular weight is 531 g/mol. The molecule has 1 amide bonds. The van der Waals surface area contributed by atoms with Crippen LogP contribution in [0.4, 0.5) is 11.4 Å². The Morgan fingerprint density at radius 1 is 0.895 bits per heavy atom. The van der Waals surface area contributed by atoms with Crippen molar-refractivity contribution >= 4 is 27.3 Å². The standard InChI is InChI=1S/C30H34N4O3S/c31-15-16-32-24-11-13-25(14-12-24)38(36,37)34-19-23-6-2-1-5-20(23)18-28(34)30(35)33-29-26-9-3-7-21(26)17-22-8-4-10-27(22)29/h1-2,5-6,11-14,17,28,32H,3-4,7-10,15-16,18-19,31H2,(H,33,35)/t28-/m0/s1. The molecule has 0 radical (unpaired) electrons. The van der Waals surface area contributed by atoms with E-state index in [1.54, 1.807) is 24.3 Å². The normalized spacial score (nSPS) is 18.5. The molecule has 3 aromatic carbocycles. The number of hydrogen-bond donors (Lipinski definition) is 3. The highest BCUT2D eigenvalue weighted by atomic mass is 32.2. The second kappa shape index (κ2) is 10.2. The van der Waals surface area contributed by atoms with Gasteiger partial charge in [-0.2, -0.15) is 4.31 Å². The number of rotatable bonds is 7. The number of anilines is 2. The van der Waals surface area contributed by atoms with E-state index in [0.29, 0.717) is 19.5 Å². The van der Waals surface area contributed by atoms with Gasteiger partial charge in [0.25, 0.3) is 0 Å². The third-order valence-corrected chi connectivity index (χ3v) is 10.0. The van der Waals surface area contributed by atoms with Gasteiger partial charge in [-0.15, -0.1) is 0 Å². The Kier molecular flexibility index (Phi) is 6.72. The summed E-state index contributed by atoms with van der Waals surface area (Å²) in [7, 11) is -3.93. The Bertz CT molecular complexity index is 1450. The van der Waals surface area contributed by atoms with Gasteiger partial charge in [-0.05, 0) is 103 Å². The number of nitrogens with zero attached hydrogens (tertiary/aromatic N) is 1. The van der Waals surface area contributed by atoms with Gasteiger partial charge in [0.15, 0.2) is 0 Å². The molecule has 0 bridgehead atoms. The Morgan fingerprint density at radius 3 is 2.21 bits per heavy atom. The fourth-order valence-electron chi connectivity index (χ4n) is 6.25. The van der Waals surface area contributed by atoms with E-state index in [2.05, 4.69) is 16.7 Å². The van der Waals surface area contributed by atoms with Gasteiger partial charge in [0.2, 0.25) is 15.9 Å². The van der Waals surface area contributed by atoms with E-state index in [1.165, 1.54) is 26.6 Å². The van der Waals surface area contributed by atoms with Gasteiger partial charge in [-0.3, -0.25) is 4.79 Å². The van der Waals surface area contributed by atoms with Crippen LogP contribution < -0.4 is 16.4 Å². The summed E-state index contributed by atoms with van der Waals surface area (Å²) >= 11 is 0. The zero-order valence-corrected chi connectivity index (χ0v) is 22.3. The molecule has 1 heterocycles. The van der Waals surface area contributed by atoms with Gasteiger partial charge in [-0.25, -0.2) is 8.42 Å². The summed E-state index contributed by atoms with van der Waals surface area (Å²) in [4.78, 5) is 14.2. The maximum absolute atomic E-state index is 14.0. The van der Waals surface area contributed by atoms with Crippen LogP contribution in [0, 0.1) is 0 Å². The number of aryl methyl sites for hydroxylation is 2. The van der Waals surface area contributed by atoms with Crippen molar-refractivity contribution in [3.63, 3.8) is 0 Å². The van der Waals surface area contributed by atoms with Gasteiger partial charge in [-0.1, -0.05) is 30.3 Å². The summed E-state index contributed by atoms with van der Waals surface area (Å²) in [6.07, 6.45) is 6.52. The first-order valence-electron chi connectivity index (χ1n) is 13.6. The van der Waals surface area contributed by atoms with Crippen LogP contribution in [0.1, 0.15) is 46.2 Å². The second-order valence-corrected chi connectivity index (χ2v) is 12.4. The summed E-state index contributed by atoms with van der Waals surface area (Å²) in [6, 6.07) is 16.0. The van der Waals surface area contributed by atoms with Gasteiger partial charge < -0.3 is 16.4 Å². The fraction of sp³-hybridized carbons (Fsp3) is 0.367. The molecule has 3 aliphatic rings. The smallest absolute Gasteiger partial charge is 0.244 e. The molecule has 198 valence electrons. The van der Waals surface area contributed by atoms with Crippen LogP contribution in [0.15, 0.2) is 59.5 Å². The van der Waals surface area contributed by atoms with E-state index in [1.807, 2.05) is 24.3 Å². The van der Waals surface area contributed by atoms with Gasteiger partial charge in [0.05, 0.1) is 4.90 Å². The summed E-state index contributed by atoms with van der Waals surface area (Å²) in [5, 5.41) is 6.43. The molecule has 0 saturated heterocycles. The maximum atomic E-state index is 14.0. The van der Waals surface area contributed by atoms with Crippen molar-refractivity contribution in [2.75, 3.05) is 23.7 Å². The molecule has 38 heavy (non-hydrogen) atoms. The van der Waals surface area contributed by atoms with Crippen molar-refractivity contribution in [2.45, 2.75) is 62.4 Å². The summed E-state index contributed by atoms with van der Waals surface area (Å²) in [5.41, 5.74) is 14.4. The van der Waals surface area contributed by atoms with Crippen LogP contribution in [0.3, 0.4) is 0 Å². The molecule has 1 aliphatic heterocycles. The zero-order valence-electron chi connectivity index (χ0n) is 21.5. The lowest BCUT2D eigenvalue weighted by atomic mass is 9.94. The highest BCUT2D eigenvalue weighted by molar-refractivity contribution is 7.89. The van der Waals surface area contributed by atoms with Crippen molar-refractivity contribution in [2.24, 2.45) is 5.73 Å². The Labute approximate surface area is 224 Å². The summed E-state index contributed by atoms with van der Waals surface area (Å²) in [5.74, 6) is -0.251. The van der Waals surface area contributed by atoms with E-state index < -0.39 is 16.1 Å². The number of carbonyl (C=O) groups is 1. The second-order valence-electron chi connectivity index (χ2n) is 10.5. The minimum atomic E-state index is -3.93. The molecular formula is C30H34N4O3S. The number of benzene rings is 3. The molecule has 7 nitrogen and oxygen atoms in total. The molecule has 0 saturated carbocycles. The molecule has 8 heteroatoms. The van der Waals surface area contributed by atoms with Gasteiger partial charge >= 0.3 is 0 Å². The Morgan fingerprint density at radius 2 is 1.55 bits per heavy atom. The SMILES string of the molecule is NCCNc1ccc(S(=O)(=O)N2Cc3ccccc3C[C@H]2C(=O)Nc2c3c(cc4c2CCC4)CCC3)cc1. The first kappa shape index (κ1) is 25.1. The van der Waals surface area contributed by atoms with Crippen LogP contribution in [0.2, 0.25) is 0 Å². The van der Waals surface area contributed by atoms with E-state index in [-0.39, 0.29) is 17.3 Å². The Balaban J connectivity index is 1.35. The molecule has 0 aromatic heterocycles. The van der Waals surface area contributed by atoms with Crippen molar-refractivity contribution in [1.82, 2.24) is 4.31 Å². The van der Waals surface area contributed by atoms with Crippen molar-refractivity contribution in [3.05, 3.63) is 88.0 Å². The zero-order chi connectivity index (χ0) is 26.3. The minimum absolute atomic E-state index is 0.161. The van der Waals surface area contributed by atoms with E-state index in [0.717, 1.165) is 61.0 Å². The number of nitrogens with one attached hydrogen (secondary N) is 2. The number of amides is 1. The van der Waals surface area contributed by atoms with Gasteiger partial charge in [0.1, 0.15) is 6.04 Å². The van der Waals surface area contributed by atoms with Gasteiger partial charge in [0, 0.05) is 31.0 Å². The number of carbonyl (C=O) groups excluding carboxylic acids is 1. The largest absolute Gasteiger partial charge is 0.384 e. The third kappa shape index (κ3) is 4.51. The predicted molar refractivity (Wildman–Crippen MR) is 150 cm³/mol. The van der Waals surface area contributed by atoms with E-state index >= 15 is 0 Å². The first-order chi connectivity index (χ1) is 18.5. The highest BCUT2D eigenvalue weighted by Gasteiger charge is 2.40.